The average Bonchev–Trinajstić information content (AvgIpc) is 3.44. The molecule has 0 spiro atoms. The number of allylic oxidation sites excluding steroid dienone is 10. The van der Waals surface area contributed by atoms with E-state index in [4.69, 9.17) is 40.6 Å². The summed E-state index contributed by atoms with van der Waals surface area (Å²) in [6, 6.07) is 43.3. The Morgan fingerprint density at radius 1 is 0.386 bits per heavy atom. The third-order valence-electron chi connectivity index (χ3n) is 13.6. The van der Waals surface area contributed by atoms with Crippen LogP contribution >= 0.6 is 0 Å². The fourth-order valence-electron chi connectivity index (χ4n) is 10.5. The van der Waals surface area contributed by atoms with E-state index in [0.29, 0.717) is 35.9 Å². The minimum Gasteiger partial charge on any atom is -0.344 e. The summed E-state index contributed by atoms with van der Waals surface area (Å²) in [5, 5.41) is 36.6. The van der Waals surface area contributed by atoms with Gasteiger partial charge >= 0.3 is 0 Å². The second-order valence-corrected chi connectivity index (χ2v) is 17.6. The summed E-state index contributed by atoms with van der Waals surface area (Å²) in [5.41, 5.74) is 14.0. The van der Waals surface area contributed by atoms with Gasteiger partial charge in [0.25, 0.3) is 0 Å². The van der Waals surface area contributed by atoms with Gasteiger partial charge in [-0.2, -0.15) is 0 Å². The van der Waals surface area contributed by atoms with Crippen LogP contribution in [0.3, 0.4) is 0 Å². The summed E-state index contributed by atoms with van der Waals surface area (Å²) in [7, 11) is 0. The van der Waals surface area contributed by atoms with Crippen molar-refractivity contribution in [2.45, 2.75) is 0 Å². The maximum absolute atomic E-state index is 5.63. The van der Waals surface area contributed by atoms with Gasteiger partial charge in [0.05, 0.1) is 27.9 Å². The van der Waals surface area contributed by atoms with Crippen LogP contribution in [0.25, 0.3) is 111 Å². The molecule has 328 valence electrons. The molecule has 0 atom stereocenters. The Balaban J connectivity index is 1.30. The van der Waals surface area contributed by atoms with Gasteiger partial charge in [-0.3, -0.25) is 4.98 Å². The summed E-state index contributed by atoms with van der Waals surface area (Å²) < 4.78 is 0. The highest BCUT2D eigenvalue weighted by molar-refractivity contribution is 6.23. The van der Waals surface area contributed by atoms with Crippen molar-refractivity contribution in [3.63, 3.8) is 0 Å². The van der Waals surface area contributed by atoms with E-state index in [1.165, 1.54) is 0 Å². The highest BCUT2D eigenvalue weighted by Crippen LogP contribution is 2.54. The van der Waals surface area contributed by atoms with Crippen molar-refractivity contribution in [3.05, 3.63) is 229 Å². The SMILES string of the molecule is C1=CC2=C(c3c(-c4ccc5ccccc5n4)c(-c4nccc5ccccc45)c4c(-c5cc6ccccc6nn5)nnc(-c5cc6ccccc6nn5)c4c3C3=C4C=CC=CN4CC=C3)C=CCN2C=C1. The van der Waals surface area contributed by atoms with Crippen molar-refractivity contribution >= 4 is 65.4 Å². The topological polar surface area (TPSA) is 110 Å². The second kappa shape index (κ2) is 16.1. The monoisotopic (exact) mass is 898 g/mol. The molecule has 0 fully saturated rings. The molecule has 10 heteroatoms. The number of aromatic nitrogens is 8. The van der Waals surface area contributed by atoms with E-state index in [1.807, 2.05) is 48.7 Å². The molecule has 9 heterocycles. The van der Waals surface area contributed by atoms with Gasteiger partial charge < -0.3 is 9.80 Å². The van der Waals surface area contributed by atoms with Gasteiger partial charge in [0.2, 0.25) is 0 Å². The lowest BCUT2D eigenvalue weighted by atomic mass is 9.77. The standard InChI is InChI=1S/C60H38N10/c1-5-19-41-37(15-1)29-30-61-58(41)56-54(47-28-27-38-16-2-6-22-44(38)62-47)52(42-20-13-33-69-31-11-9-25-50(42)69)53(43-21-14-34-70-32-12-10-26-51(43)70)55-57(56)60(49-36-40-18-4-8-24-46(40)64-66-49)68-67-59(55)48-35-39-17-3-7-23-45(39)63-65-48/h1-32,35-36H,33-34H2. The summed E-state index contributed by atoms with van der Waals surface area (Å²) in [6.45, 7) is 1.42. The van der Waals surface area contributed by atoms with Gasteiger partial charge in [-0.1, -0.05) is 121 Å². The van der Waals surface area contributed by atoms with Crippen LogP contribution < -0.4 is 0 Å². The summed E-state index contributed by atoms with van der Waals surface area (Å²) in [4.78, 5) is 15.6. The second-order valence-electron chi connectivity index (χ2n) is 17.6. The lowest BCUT2D eigenvalue weighted by molar-refractivity contribution is 0.526. The first-order chi connectivity index (χ1) is 34.7. The van der Waals surface area contributed by atoms with Crippen LogP contribution in [0.5, 0.6) is 0 Å². The van der Waals surface area contributed by atoms with E-state index in [9.17, 15) is 0 Å². The number of hydrogen-bond donors (Lipinski definition) is 0. The molecule has 4 aliphatic heterocycles. The van der Waals surface area contributed by atoms with Crippen molar-refractivity contribution in [3.8, 4) is 45.3 Å². The molecule has 10 nitrogen and oxygen atoms in total. The number of benzene rings is 5. The van der Waals surface area contributed by atoms with Crippen LogP contribution in [0, 0.1) is 0 Å². The van der Waals surface area contributed by atoms with Gasteiger partial charge in [0.15, 0.2) is 0 Å². The zero-order valence-electron chi connectivity index (χ0n) is 37.5. The molecule has 0 N–H and O–H groups in total. The zero-order valence-corrected chi connectivity index (χ0v) is 37.5. The maximum atomic E-state index is 5.63. The number of pyridine rings is 2. The molecular formula is C60H38N10. The Bertz CT molecular complexity index is 4150. The van der Waals surface area contributed by atoms with Crippen LogP contribution in [-0.4, -0.2) is 63.4 Å². The van der Waals surface area contributed by atoms with Gasteiger partial charge in [-0.25, -0.2) is 4.98 Å². The van der Waals surface area contributed by atoms with Gasteiger partial charge in [-0.05, 0) is 72.2 Å². The average molecular weight is 899 g/mol. The number of rotatable bonds is 6. The van der Waals surface area contributed by atoms with Crippen LogP contribution in [0.2, 0.25) is 0 Å². The molecule has 0 radical (unpaired) electrons. The molecule has 0 saturated carbocycles. The Labute approximate surface area is 401 Å². The molecule has 0 unspecified atom stereocenters. The quantitative estimate of drug-likeness (QED) is 0.160. The lowest BCUT2D eigenvalue weighted by Crippen LogP contribution is -2.23. The molecular weight excluding hydrogens is 861 g/mol. The number of para-hydroxylation sites is 1. The molecule has 4 aliphatic rings. The van der Waals surface area contributed by atoms with Crippen molar-refractivity contribution in [2.75, 3.05) is 13.1 Å². The van der Waals surface area contributed by atoms with Gasteiger partial charge in [0, 0.05) is 109 Å². The molecule has 0 bridgehead atoms. The maximum Gasteiger partial charge on any atom is 0.122 e. The molecule has 14 rings (SSSR count). The molecule has 70 heavy (non-hydrogen) atoms. The van der Waals surface area contributed by atoms with Crippen LogP contribution in [-0.2, 0) is 0 Å². The first-order valence-electron chi connectivity index (χ1n) is 23.4. The van der Waals surface area contributed by atoms with Crippen LogP contribution in [0.4, 0.5) is 0 Å². The summed E-state index contributed by atoms with van der Waals surface area (Å²) in [5.74, 6) is 0. The fourth-order valence-corrected chi connectivity index (χ4v) is 10.5. The molecule has 0 saturated heterocycles. The predicted octanol–water partition coefficient (Wildman–Crippen LogP) is 12.6. The van der Waals surface area contributed by atoms with E-state index >= 15 is 0 Å². The highest BCUT2D eigenvalue weighted by atomic mass is 15.2. The van der Waals surface area contributed by atoms with E-state index in [0.717, 1.165) is 110 Å². The minimum atomic E-state index is 0.547. The number of nitrogens with zero attached hydrogens (tertiary/aromatic N) is 10. The normalized spacial score (nSPS) is 15.1. The smallest absolute Gasteiger partial charge is 0.122 e. The Hall–Kier alpha value is -9.54. The van der Waals surface area contributed by atoms with Gasteiger partial charge in [0.1, 0.15) is 22.8 Å². The first kappa shape index (κ1) is 39.6. The Kier molecular flexibility index (Phi) is 9.09. The molecule has 10 aromatic rings. The third-order valence-corrected chi connectivity index (χ3v) is 13.6. The van der Waals surface area contributed by atoms with E-state index in [1.54, 1.807) is 0 Å². The third kappa shape index (κ3) is 6.34. The fraction of sp³-hybridized carbons (Fsp3) is 0.0333. The largest absolute Gasteiger partial charge is 0.344 e. The summed E-state index contributed by atoms with van der Waals surface area (Å²) in [6.07, 6.45) is 28.0. The van der Waals surface area contributed by atoms with E-state index < -0.39 is 0 Å². The lowest BCUT2D eigenvalue weighted by Gasteiger charge is -2.34. The Morgan fingerprint density at radius 3 is 1.60 bits per heavy atom. The van der Waals surface area contributed by atoms with Crippen molar-refractivity contribution in [2.24, 2.45) is 0 Å². The zero-order chi connectivity index (χ0) is 46.1. The molecule has 5 aromatic heterocycles. The van der Waals surface area contributed by atoms with Crippen molar-refractivity contribution in [1.82, 2.24) is 50.4 Å². The van der Waals surface area contributed by atoms with E-state index in [2.05, 4.69) is 168 Å². The number of hydrogen-bond acceptors (Lipinski definition) is 10. The Morgan fingerprint density at radius 2 is 0.943 bits per heavy atom. The molecule has 5 aromatic carbocycles. The number of fused-ring (bicyclic) bond motifs is 7. The summed E-state index contributed by atoms with van der Waals surface area (Å²) >= 11 is 0. The molecule has 0 aliphatic carbocycles. The predicted molar refractivity (Wildman–Crippen MR) is 280 cm³/mol. The minimum absolute atomic E-state index is 0.547. The van der Waals surface area contributed by atoms with E-state index in [-0.39, 0.29) is 0 Å². The van der Waals surface area contributed by atoms with Crippen molar-refractivity contribution in [1.29, 1.82) is 0 Å². The van der Waals surface area contributed by atoms with Crippen LogP contribution in [0.15, 0.2) is 218 Å². The highest BCUT2D eigenvalue weighted by Gasteiger charge is 2.35. The van der Waals surface area contributed by atoms with Crippen LogP contribution in [0.1, 0.15) is 11.1 Å². The van der Waals surface area contributed by atoms with Gasteiger partial charge in [-0.15, -0.1) is 30.6 Å². The van der Waals surface area contributed by atoms with Crippen molar-refractivity contribution < 1.29 is 0 Å². The molecule has 0 amide bonds. The first-order valence-corrected chi connectivity index (χ1v) is 23.4.